The van der Waals surface area contributed by atoms with Crippen molar-refractivity contribution < 1.29 is 13.9 Å². The number of thiophene rings is 1. The highest BCUT2D eigenvalue weighted by Crippen LogP contribution is 2.37. The molecule has 4 rings (SSSR count). The Hall–Kier alpha value is -3.04. The van der Waals surface area contributed by atoms with Crippen LogP contribution in [-0.2, 0) is 25.9 Å². The number of benzene rings is 1. The predicted octanol–water partition coefficient (Wildman–Crippen LogP) is 5.88. The SMILES string of the molecule is CCCc1ccc(OCc2ccc(C(=O)Nc3sc4c(c3C#N)CCCC4)o2)cc1. The molecule has 1 aliphatic rings. The zero-order valence-electron chi connectivity index (χ0n) is 17.0. The van der Waals surface area contributed by atoms with Gasteiger partial charge in [-0.05, 0) is 67.5 Å². The maximum absolute atomic E-state index is 12.6. The Bertz CT molecular complexity index is 1070. The van der Waals surface area contributed by atoms with E-state index in [0.29, 0.717) is 16.3 Å². The minimum atomic E-state index is -0.347. The first-order valence-corrected chi connectivity index (χ1v) is 11.2. The number of aryl methyl sites for hydroxylation is 2. The van der Waals surface area contributed by atoms with Crippen LogP contribution in [0.15, 0.2) is 40.8 Å². The molecular weight excluding hydrogens is 396 g/mol. The van der Waals surface area contributed by atoms with Gasteiger partial charge in [0.15, 0.2) is 5.76 Å². The fourth-order valence-electron chi connectivity index (χ4n) is 3.71. The summed E-state index contributed by atoms with van der Waals surface area (Å²) < 4.78 is 11.4. The zero-order valence-corrected chi connectivity index (χ0v) is 17.8. The van der Waals surface area contributed by atoms with Gasteiger partial charge < -0.3 is 14.5 Å². The fourth-order valence-corrected chi connectivity index (χ4v) is 4.94. The third-order valence-corrected chi connectivity index (χ3v) is 6.45. The lowest BCUT2D eigenvalue weighted by molar-refractivity contribution is 0.0993. The molecule has 154 valence electrons. The van der Waals surface area contributed by atoms with Crippen molar-refractivity contribution in [3.63, 3.8) is 0 Å². The molecule has 0 spiro atoms. The van der Waals surface area contributed by atoms with Crippen molar-refractivity contribution in [2.24, 2.45) is 0 Å². The standard InChI is InChI=1S/C24H24N2O3S/c1-2-5-16-8-10-17(11-9-16)28-15-18-12-13-21(29-18)23(27)26-24-20(14-25)19-6-3-4-7-22(19)30-24/h8-13H,2-7,15H2,1H3,(H,26,27). The fraction of sp³-hybridized carbons (Fsp3) is 0.333. The van der Waals surface area contributed by atoms with Crippen LogP contribution in [0.3, 0.4) is 0 Å². The van der Waals surface area contributed by atoms with Gasteiger partial charge in [-0.15, -0.1) is 11.3 Å². The van der Waals surface area contributed by atoms with Gasteiger partial charge in [0.1, 0.15) is 29.2 Å². The minimum absolute atomic E-state index is 0.210. The second-order valence-electron chi connectivity index (χ2n) is 7.43. The average molecular weight is 421 g/mol. The van der Waals surface area contributed by atoms with Crippen molar-refractivity contribution in [1.29, 1.82) is 5.26 Å². The van der Waals surface area contributed by atoms with Gasteiger partial charge in [-0.2, -0.15) is 5.26 Å². The van der Waals surface area contributed by atoms with E-state index in [9.17, 15) is 10.1 Å². The lowest BCUT2D eigenvalue weighted by Gasteiger charge is -2.09. The molecule has 0 saturated heterocycles. The molecule has 1 aromatic carbocycles. The molecule has 1 aliphatic carbocycles. The summed E-state index contributed by atoms with van der Waals surface area (Å²) in [5, 5.41) is 13.0. The van der Waals surface area contributed by atoms with Crippen molar-refractivity contribution in [3.8, 4) is 11.8 Å². The molecular formula is C24H24N2O3S. The lowest BCUT2D eigenvalue weighted by atomic mass is 9.96. The predicted molar refractivity (Wildman–Crippen MR) is 117 cm³/mol. The molecule has 0 bridgehead atoms. The Morgan fingerprint density at radius 3 is 2.77 bits per heavy atom. The quantitative estimate of drug-likeness (QED) is 0.518. The highest BCUT2D eigenvalue weighted by atomic mass is 32.1. The number of ether oxygens (including phenoxy) is 1. The van der Waals surface area contributed by atoms with Gasteiger partial charge in [-0.25, -0.2) is 0 Å². The van der Waals surface area contributed by atoms with Crippen LogP contribution >= 0.6 is 11.3 Å². The van der Waals surface area contributed by atoms with E-state index in [2.05, 4.69) is 30.4 Å². The van der Waals surface area contributed by atoms with Gasteiger partial charge in [-0.3, -0.25) is 4.79 Å². The van der Waals surface area contributed by atoms with Gasteiger partial charge in [0.25, 0.3) is 5.91 Å². The number of nitrogens with one attached hydrogen (secondary N) is 1. The van der Waals surface area contributed by atoms with E-state index in [0.717, 1.165) is 49.8 Å². The van der Waals surface area contributed by atoms with Gasteiger partial charge in [0.05, 0.1) is 5.56 Å². The average Bonchev–Trinajstić information content (AvgIpc) is 3.37. The first-order chi connectivity index (χ1) is 14.7. The number of nitriles is 1. The summed E-state index contributed by atoms with van der Waals surface area (Å²) in [6.07, 6.45) is 6.28. The van der Waals surface area contributed by atoms with E-state index < -0.39 is 0 Å². The molecule has 30 heavy (non-hydrogen) atoms. The molecule has 0 atom stereocenters. The zero-order chi connectivity index (χ0) is 20.9. The van der Waals surface area contributed by atoms with Crippen molar-refractivity contribution in [2.45, 2.75) is 52.1 Å². The van der Waals surface area contributed by atoms with Crippen LogP contribution in [0.5, 0.6) is 5.75 Å². The van der Waals surface area contributed by atoms with Crippen LogP contribution in [0.4, 0.5) is 5.00 Å². The van der Waals surface area contributed by atoms with E-state index in [1.54, 1.807) is 12.1 Å². The van der Waals surface area contributed by atoms with Crippen LogP contribution in [0.2, 0.25) is 0 Å². The second kappa shape index (κ2) is 9.19. The summed E-state index contributed by atoms with van der Waals surface area (Å²) in [5.74, 6) is 1.20. The maximum Gasteiger partial charge on any atom is 0.292 e. The largest absolute Gasteiger partial charge is 0.486 e. The Morgan fingerprint density at radius 1 is 1.20 bits per heavy atom. The first-order valence-electron chi connectivity index (χ1n) is 10.3. The number of carbonyl (C=O) groups excluding carboxylic acids is 1. The smallest absolute Gasteiger partial charge is 0.292 e. The number of hydrogen-bond acceptors (Lipinski definition) is 5. The van der Waals surface area contributed by atoms with Gasteiger partial charge in [0.2, 0.25) is 0 Å². The molecule has 5 nitrogen and oxygen atoms in total. The lowest BCUT2D eigenvalue weighted by Crippen LogP contribution is -2.11. The number of hydrogen-bond donors (Lipinski definition) is 1. The summed E-state index contributed by atoms with van der Waals surface area (Å²) in [5.41, 5.74) is 2.99. The normalized spacial score (nSPS) is 12.8. The van der Waals surface area contributed by atoms with Crippen LogP contribution < -0.4 is 10.1 Å². The Labute approximate surface area is 180 Å². The third-order valence-electron chi connectivity index (χ3n) is 5.24. The number of fused-ring (bicyclic) bond motifs is 1. The molecule has 1 amide bonds. The van der Waals surface area contributed by atoms with Gasteiger partial charge in [0, 0.05) is 4.88 Å². The summed E-state index contributed by atoms with van der Waals surface area (Å²) in [7, 11) is 0. The molecule has 0 unspecified atom stereocenters. The van der Waals surface area contributed by atoms with Crippen LogP contribution in [0, 0.1) is 11.3 Å². The number of furan rings is 1. The number of nitrogens with zero attached hydrogens (tertiary/aromatic N) is 1. The van der Waals surface area contributed by atoms with Crippen molar-refractivity contribution in [1.82, 2.24) is 0 Å². The molecule has 2 heterocycles. The van der Waals surface area contributed by atoms with Gasteiger partial charge in [-0.1, -0.05) is 25.5 Å². The van der Waals surface area contributed by atoms with Crippen LogP contribution in [0.25, 0.3) is 0 Å². The highest BCUT2D eigenvalue weighted by Gasteiger charge is 2.23. The minimum Gasteiger partial charge on any atom is -0.486 e. The first kappa shape index (κ1) is 20.2. The van der Waals surface area contributed by atoms with E-state index in [1.807, 2.05) is 12.1 Å². The van der Waals surface area contributed by atoms with E-state index in [4.69, 9.17) is 9.15 Å². The van der Waals surface area contributed by atoms with E-state index in [-0.39, 0.29) is 18.3 Å². The summed E-state index contributed by atoms with van der Waals surface area (Å²) >= 11 is 1.51. The maximum atomic E-state index is 12.6. The van der Waals surface area contributed by atoms with Crippen molar-refractivity contribution in [3.05, 3.63) is 69.5 Å². The summed E-state index contributed by atoms with van der Waals surface area (Å²) in [6.45, 7) is 2.40. The molecule has 0 radical (unpaired) electrons. The number of carbonyl (C=O) groups is 1. The van der Waals surface area contributed by atoms with Crippen molar-refractivity contribution in [2.75, 3.05) is 5.32 Å². The molecule has 6 heteroatoms. The Balaban J connectivity index is 1.38. The number of rotatable bonds is 7. The van der Waals surface area contributed by atoms with Crippen LogP contribution in [0.1, 0.15) is 64.1 Å². The molecule has 1 N–H and O–H groups in total. The monoisotopic (exact) mass is 420 g/mol. The summed E-state index contributed by atoms with van der Waals surface area (Å²) in [4.78, 5) is 13.8. The molecule has 0 fully saturated rings. The highest BCUT2D eigenvalue weighted by molar-refractivity contribution is 7.16. The Morgan fingerprint density at radius 2 is 2.00 bits per heavy atom. The summed E-state index contributed by atoms with van der Waals surface area (Å²) in [6, 6.07) is 13.7. The number of anilines is 1. The van der Waals surface area contributed by atoms with E-state index >= 15 is 0 Å². The number of amides is 1. The molecule has 2 aromatic heterocycles. The van der Waals surface area contributed by atoms with Crippen LogP contribution in [-0.4, -0.2) is 5.91 Å². The Kier molecular flexibility index (Phi) is 6.20. The molecule has 0 aliphatic heterocycles. The van der Waals surface area contributed by atoms with Crippen molar-refractivity contribution >= 4 is 22.2 Å². The van der Waals surface area contributed by atoms with Gasteiger partial charge >= 0.3 is 0 Å². The van der Waals surface area contributed by atoms with E-state index in [1.165, 1.54) is 21.8 Å². The third kappa shape index (κ3) is 4.42. The second-order valence-corrected chi connectivity index (χ2v) is 8.53. The molecule has 3 aromatic rings. The molecule has 0 saturated carbocycles. The topological polar surface area (TPSA) is 75.3 Å².